The molecular formula is C24H18O4. The summed E-state index contributed by atoms with van der Waals surface area (Å²) in [6.45, 7) is 3.71. The largest absolute Gasteiger partial charge is 0.449 e. The third-order valence-electron chi connectivity index (χ3n) is 4.24. The van der Waals surface area contributed by atoms with Crippen molar-refractivity contribution in [3.05, 3.63) is 70.8 Å². The number of rotatable bonds is 0. The molecule has 0 spiro atoms. The minimum Gasteiger partial charge on any atom is -0.449 e. The number of hydrogen-bond donors (Lipinski definition) is 0. The van der Waals surface area contributed by atoms with Gasteiger partial charge in [-0.05, 0) is 49.3 Å². The fraction of sp³-hybridized carbons (Fsp3) is 0.167. The molecule has 0 amide bonds. The molecule has 0 aromatic heterocycles. The van der Waals surface area contributed by atoms with E-state index in [9.17, 15) is 9.59 Å². The average Bonchev–Trinajstić information content (AvgIpc) is 2.68. The highest BCUT2D eigenvalue weighted by atomic mass is 16.5. The van der Waals surface area contributed by atoms with Crippen LogP contribution in [-0.4, -0.2) is 25.2 Å². The molecule has 0 atom stereocenters. The summed E-state index contributed by atoms with van der Waals surface area (Å²) < 4.78 is 10.6. The standard InChI is InChI=1S/C24H18O4/c1-17-11-9-13-19-21(17)22-18(2)12-10-14-20(22)24(26)28-16-8-6-4-3-5-7-15-27-23(19)25/h3-4,9-14H,15-16H2,1-2H3/b4-3-. The minimum absolute atomic E-state index is 0.0351. The first kappa shape index (κ1) is 19.0. The molecule has 3 rings (SSSR count). The molecule has 1 aliphatic heterocycles. The molecule has 4 nitrogen and oxygen atoms in total. The van der Waals surface area contributed by atoms with Crippen LogP contribution in [0.15, 0.2) is 48.6 Å². The van der Waals surface area contributed by atoms with Crippen LogP contribution in [0.25, 0.3) is 11.1 Å². The van der Waals surface area contributed by atoms with E-state index in [4.69, 9.17) is 9.47 Å². The number of fused-ring (bicyclic) bond motifs is 3. The Morgan fingerprint density at radius 1 is 0.714 bits per heavy atom. The topological polar surface area (TPSA) is 52.6 Å². The van der Waals surface area contributed by atoms with E-state index in [2.05, 4.69) is 23.7 Å². The third-order valence-corrected chi connectivity index (χ3v) is 4.24. The van der Waals surface area contributed by atoms with E-state index >= 15 is 0 Å². The SMILES string of the molecule is Cc1cccc2c1-c1c(C)cccc1C(=O)OCC#C/C=C\C#CCOC2=O. The number of aryl methyl sites for hydroxylation is 2. The van der Waals surface area contributed by atoms with Crippen molar-refractivity contribution in [3.8, 4) is 34.8 Å². The average molecular weight is 370 g/mol. The number of carbonyl (C=O) groups excluding carboxylic acids is 2. The van der Waals surface area contributed by atoms with Crippen molar-refractivity contribution in [2.45, 2.75) is 13.8 Å². The van der Waals surface area contributed by atoms with Crippen LogP contribution in [-0.2, 0) is 9.47 Å². The summed E-state index contributed by atoms with van der Waals surface area (Å²) in [4.78, 5) is 25.4. The number of esters is 2. The highest BCUT2D eigenvalue weighted by Crippen LogP contribution is 2.34. The molecule has 0 saturated heterocycles. The summed E-state index contributed by atoms with van der Waals surface area (Å²) in [6.07, 6.45) is 3.09. The van der Waals surface area contributed by atoms with Crippen molar-refractivity contribution in [2.24, 2.45) is 0 Å². The van der Waals surface area contributed by atoms with Crippen molar-refractivity contribution in [1.29, 1.82) is 0 Å². The van der Waals surface area contributed by atoms with Crippen molar-refractivity contribution in [1.82, 2.24) is 0 Å². The molecule has 0 fully saturated rings. The fourth-order valence-corrected chi connectivity index (χ4v) is 2.98. The maximum absolute atomic E-state index is 12.7. The van der Waals surface area contributed by atoms with Crippen molar-refractivity contribution in [3.63, 3.8) is 0 Å². The Bertz CT molecular complexity index is 998. The summed E-state index contributed by atoms with van der Waals surface area (Å²) >= 11 is 0. The van der Waals surface area contributed by atoms with Gasteiger partial charge in [0.05, 0.1) is 11.1 Å². The minimum atomic E-state index is -0.494. The number of allylic oxidation sites excluding steroid dienone is 2. The van der Waals surface area contributed by atoms with E-state index < -0.39 is 11.9 Å². The van der Waals surface area contributed by atoms with Gasteiger partial charge in [-0.3, -0.25) is 0 Å². The Morgan fingerprint density at radius 3 is 1.57 bits per heavy atom. The summed E-state index contributed by atoms with van der Waals surface area (Å²) in [5.41, 5.74) is 3.78. The van der Waals surface area contributed by atoms with Crippen LogP contribution in [0.4, 0.5) is 0 Å². The second kappa shape index (κ2) is 8.75. The quantitative estimate of drug-likeness (QED) is 0.522. The zero-order valence-electron chi connectivity index (χ0n) is 15.7. The lowest BCUT2D eigenvalue weighted by Gasteiger charge is -2.17. The first-order valence-corrected chi connectivity index (χ1v) is 8.75. The van der Waals surface area contributed by atoms with Gasteiger partial charge in [-0.25, -0.2) is 9.59 Å². The van der Waals surface area contributed by atoms with E-state index in [0.717, 1.165) is 11.1 Å². The number of hydrogen-bond acceptors (Lipinski definition) is 4. The van der Waals surface area contributed by atoms with E-state index in [0.29, 0.717) is 22.3 Å². The maximum Gasteiger partial charge on any atom is 0.339 e. The number of carbonyl (C=O) groups is 2. The first-order valence-electron chi connectivity index (χ1n) is 8.75. The van der Waals surface area contributed by atoms with Gasteiger partial charge in [0.1, 0.15) is 0 Å². The smallest absolute Gasteiger partial charge is 0.339 e. The van der Waals surface area contributed by atoms with Gasteiger partial charge in [0.2, 0.25) is 0 Å². The Hall–Kier alpha value is -3.76. The van der Waals surface area contributed by atoms with Gasteiger partial charge in [-0.1, -0.05) is 47.9 Å². The van der Waals surface area contributed by atoms with Gasteiger partial charge >= 0.3 is 11.9 Å². The van der Waals surface area contributed by atoms with Gasteiger partial charge in [-0.15, -0.1) is 0 Å². The molecule has 0 bridgehead atoms. The van der Waals surface area contributed by atoms with Gasteiger partial charge in [0.15, 0.2) is 13.2 Å². The van der Waals surface area contributed by atoms with Crippen molar-refractivity contribution in [2.75, 3.05) is 13.2 Å². The van der Waals surface area contributed by atoms with Crippen LogP contribution in [0.1, 0.15) is 31.8 Å². The summed E-state index contributed by atoms with van der Waals surface area (Å²) in [6, 6.07) is 10.7. The summed E-state index contributed by atoms with van der Waals surface area (Å²) in [5, 5.41) is 0. The molecular weight excluding hydrogens is 352 g/mol. The lowest BCUT2D eigenvalue weighted by Crippen LogP contribution is -2.12. The first-order chi connectivity index (χ1) is 13.6. The lowest BCUT2D eigenvalue weighted by molar-refractivity contribution is 0.0545. The van der Waals surface area contributed by atoms with Crippen LogP contribution >= 0.6 is 0 Å². The van der Waals surface area contributed by atoms with E-state index in [1.165, 1.54) is 0 Å². The molecule has 0 unspecified atom stereocenters. The second-order valence-corrected chi connectivity index (χ2v) is 6.12. The molecule has 0 N–H and O–H groups in total. The third kappa shape index (κ3) is 4.14. The van der Waals surface area contributed by atoms with Crippen LogP contribution in [0.5, 0.6) is 0 Å². The Labute approximate surface area is 164 Å². The highest BCUT2D eigenvalue weighted by molar-refractivity contribution is 6.04. The molecule has 2 aromatic rings. The summed E-state index contributed by atoms with van der Waals surface area (Å²) in [5.74, 6) is 9.98. The maximum atomic E-state index is 12.7. The number of benzene rings is 2. The molecule has 4 heteroatoms. The Morgan fingerprint density at radius 2 is 1.14 bits per heavy atom. The highest BCUT2D eigenvalue weighted by Gasteiger charge is 2.23. The fourth-order valence-electron chi connectivity index (χ4n) is 2.98. The predicted molar refractivity (Wildman–Crippen MR) is 107 cm³/mol. The van der Waals surface area contributed by atoms with E-state index in [1.807, 2.05) is 26.0 Å². The Balaban J connectivity index is 2.20. The molecule has 0 radical (unpaired) electrons. The molecule has 0 aliphatic carbocycles. The monoisotopic (exact) mass is 370 g/mol. The van der Waals surface area contributed by atoms with Crippen LogP contribution in [0.3, 0.4) is 0 Å². The number of cyclic esters (lactones) is 2. The molecule has 0 saturated carbocycles. The zero-order valence-corrected chi connectivity index (χ0v) is 15.7. The van der Waals surface area contributed by atoms with E-state index in [-0.39, 0.29) is 13.2 Å². The molecule has 2 aromatic carbocycles. The van der Waals surface area contributed by atoms with Crippen LogP contribution in [0.2, 0.25) is 0 Å². The number of ether oxygens (including phenoxy) is 2. The predicted octanol–water partition coefficient (Wildman–Crippen LogP) is 3.86. The normalized spacial score (nSPS) is 14.8. The van der Waals surface area contributed by atoms with Gasteiger partial charge < -0.3 is 9.47 Å². The van der Waals surface area contributed by atoms with E-state index in [1.54, 1.807) is 36.4 Å². The van der Waals surface area contributed by atoms with Crippen molar-refractivity contribution < 1.29 is 19.1 Å². The molecule has 138 valence electrons. The van der Waals surface area contributed by atoms with Gasteiger partial charge in [0, 0.05) is 11.1 Å². The molecule has 1 heterocycles. The van der Waals surface area contributed by atoms with Crippen LogP contribution in [0, 0.1) is 37.5 Å². The van der Waals surface area contributed by atoms with Crippen molar-refractivity contribution >= 4 is 11.9 Å². The van der Waals surface area contributed by atoms with Gasteiger partial charge in [-0.2, -0.15) is 0 Å². The molecule has 1 aliphatic rings. The van der Waals surface area contributed by atoms with Gasteiger partial charge in [0.25, 0.3) is 0 Å². The van der Waals surface area contributed by atoms with Crippen LogP contribution < -0.4 is 0 Å². The zero-order chi connectivity index (χ0) is 19.9. The lowest BCUT2D eigenvalue weighted by atomic mass is 9.88. The molecule has 28 heavy (non-hydrogen) atoms. The summed E-state index contributed by atoms with van der Waals surface area (Å²) in [7, 11) is 0. The Kier molecular flexibility index (Phi) is 5.94. The second-order valence-electron chi connectivity index (χ2n) is 6.12.